The van der Waals surface area contributed by atoms with E-state index in [9.17, 15) is 9.59 Å². The zero-order valence-corrected chi connectivity index (χ0v) is 6.43. The van der Waals surface area contributed by atoms with Crippen molar-refractivity contribution in [2.45, 2.75) is 19.1 Å². The molecular formula is C6H9NO5. The SMILES string of the molecule is C[C@@H]1OCN(C(=O)O)[C@H]1C(=O)O. The number of carbonyl (C=O) groups is 2. The quantitative estimate of drug-likeness (QED) is 0.576. The summed E-state index contributed by atoms with van der Waals surface area (Å²) in [4.78, 5) is 21.7. The monoisotopic (exact) mass is 175 g/mol. The van der Waals surface area contributed by atoms with Crippen LogP contribution in [0.15, 0.2) is 0 Å². The van der Waals surface area contributed by atoms with Gasteiger partial charge < -0.3 is 14.9 Å². The Morgan fingerprint density at radius 1 is 1.50 bits per heavy atom. The smallest absolute Gasteiger partial charge is 0.409 e. The summed E-state index contributed by atoms with van der Waals surface area (Å²) in [6.45, 7) is 1.36. The molecular weight excluding hydrogens is 166 g/mol. The minimum atomic E-state index is -1.27. The van der Waals surface area contributed by atoms with E-state index in [1.807, 2.05) is 0 Å². The highest BCUT2D eigenvalue weighted by Gasteiger charge is 2.40. The number of aliphatic carboxylic acids is 1. The fourth-order valence-electron chi connectivity index (χ4n) is 1.13. The molecule has 0 radical (unpaired) electrons. The van der Waals surface area contributed by atoms with Gasteiger partial charge in [-0.3, -0.25) is 4.90 Å². The van der Waals surface area contributed by atoms with Crippen molar-refractivity contribution in [2.24, 2.45) is 0 Å². The first kappa shape index (κ1) is 8.79. The normalized spacial score (nSPS) is 28.9. The average molecular weight is 175 g/mol. The second-order valence-electron chi connectivity index (χ2n) is 2.54. The molecule has 12 heavy (non-hydrogen) atoms. The van der Waals surface area contributed by atoms with E-state index in [0.717, 1.165) is 4.90 Å². The summed E-state index contributed by atoms with van der Waals surface area (Å²) in [5.74, 6) is -1.18. The van der Waals surface area contributed by atoms with E-state index in [1.54, 1.807) is 0 Å². The molecule has 0 aromatic carbocycles. The fraction of sp³-hybridized carbons (Fsp3) is 0.667. The summed E-state index contributed by atoms with van der Waals surface area (Å²) < 4.78 is 4.86. The molecule has 68 valence electrons. The van der Waals surface area contributed by atoms with Crippen LogP contribution in [-0.4, -0.2) is 46.1 Å². The number of hydrogen-bond donors (Lipinski definition) is 2. The number of rotatable bonds is 1. The topological polar surface area (TPSA) is 87.1 Å². The van der Waals surface area contributed by atoms with E-state index in [2.05, 4.69) is 0 Å². The maximum atomic E-state index is 10.5. The maximum absolute atomic E-state index is 10.5. The van der Waals surface area contributed by atoms with Gasteiger partial charge >= 0.3 is 12.1 Å². The van der Waals surface area contributed by atoms with Crippen molar-refractivity contribution in [1.82, 2.24) is 4.90 Å². The third-order valence-electron chi connectivity index (χ3n) is 1.76. The van der Waals surface area contributed by atoms with E-state index in [-0.39, 0.29) is 6.73 Å². The van der Waals surface area contributed by atoms with E-state index in [1.165, 1.54) is 6.92 Å². The van der Waals surface area contributed by atoms with E-state index in [0.29, 0.717) is 0 Å². The lowest BCUT2D eigenvalue weighted by Gasteiger charge is -2.16. The van der Waals surface area contributed by atoms with Crippen LogP contribution < -0.4 is 0 Å². The second kappa shape index (κ2) is 2.98. The van der Waals surface area contributed by atoms with Gasteiger partial charge in [0, 0.05) is 0 Å². The first-order valence-electron chi connectivity index (χ1n) is 3.38. The van der Waals surface area contributed by atoms with Gasteiger partial charge in [-0.25, -0.2) is 9.59 Å². The highest BCUT2D eigenvalue weighted by atomic mass is 16.5. The third-order valence-corrected chi connectivity index (χ3v) is 1.76. The van der Waals surface area contributed by atoms with Crippen molar-refractivity contribution in [1.29, 1.82) is 0 Å². The molecule has 0 aromatic rings. The highest BCUT2D eigenvalue weighted by molar-refractivity contribution is 5.80. The van der Waals surface area contributed by atoms with Crippen molar-refractivity contribution < 1.29 is 24.5 Å². The van der Waals surface area contributed by atoms with Crippen molar-refractivity contribution >= 4 is 12.1 Å². The molecule has 6 nitrogen and oxygen atoms in total. The van der Waals surface area contributed by atoms with Gasteiger partial charge in [-0.15, -0.1) is 0 Å². The van der Waals surface area contributed by atoms with Crippen LogP contribution in [0.4, 0.5) is 4.79 Å². The number of ether oxygens (including phenoxy) is 1. The molecule has 0 unspecified atom stereocenters. The van der Waals surface area contributed by atoms with Crippen LogP contribution in [0.1, 0.15) is 6.92 Å². The van der Waals surface area contributed by atoms with Gasteiger partial charge in [-0.2, -0.15) is 0 Å². The Labute approximate surface area is 68.3 Å². The predicted molar refractivity (Wildman–Crippen MR) is 36.7 cm³/mol. The Bertz CT molecular complexity index is 216. The Hall–Kier alpha value is -1.30. The van der Waals surface area contributed by atoms with Gasteiger partial charge in [-0.1, -0.05) is 0 Å². The summed E-state index contributed by atoms with van der Waals surface area (Å²) >= 11 is 0. The molecule has 2 atom stereocenters. The molecule has 6 heteroatoms. The highest BCUT2D eigenvalue weighted by Crippen LogP contribution is 2.16. The Morgan fingerprint density at radius 3 is 2.42 bits per heavy atom. The van der Waals surface area contributed by atoms with E-state index >= 15 is 0 Å². The number of amides is 1. The van der Waals surface area contributed by atoms with Crippen LogP contribution in [0.3, 0.4) is 0 Å². The molecule has 0 aromatic heterocycles. The van der Waals surface area contributed by atoms with Crippen molar-refractivity contribution in [3.8, 4) is 0 Å². The molecule has 0 spiro atoms. The molecule has 1 aliphatic rings. The van der Waals surface area contributed by atoms with Crippen LogP contribution in [0, 0.1) is 0 Å². The lowest BCUT2D eigenvalue weighted by molar-refractivity contribution is -0.142. The molecule has 1 fully saturated rings. The maximum Gasteiger partial charge on any atom is 0.409 e. The third kappa shape index (κ3) is 1.33. The van der Waals surface area contributed by atoms with Crippen molar-refractivity contribution in [3.05, 3.63) is 0 Å². The summed E-state index contributed by atoms with van der Waals surface area (Å²) in [6, 6.07) is -1.08. The molecule has 1 saturated heterocycles. The van der Waals surface area contributed by atoms with E-state index in [4.69, 9.17) is 14.9 Å². The van der Waals surface area contributed by atoms with Gasteiger partial charge in [-0.05, 0) is 6.92 Å². The molecule has 0 aliphatic carbocycles. The van der Waals surface area contributed by atoms with Gasteiger partial charge in [0.05, 0.1) is 6.10 Å². The zero-order chi connectivity index (χ0) is 9.30. The van der Waals surface area contributed by atoms with E-state index < -0.39 is 24.2 Å². The van der Waals surface area contributed by atoms with Gasteiger partial charge in [0.15, 0.2) is 6.04 Å². The molecule has 2 N–H and O–H groups in total. The number of carboxylic acids is 1. The van der Waals surface area contributed by atoms with Crippen molar-refractivity contribution in [3.63, 3.8) is 0 Å². The summed E-state index contributed by atoms with van der Waals surface area (Å²) in [5, 5.41) is 17.2. The Morgan fingerprint density at radius 2 is 2.08 bits per heavy atom. The van der Waals surface area contributed by atoms with Crippen LogP contribution in [-0.2, 0) is 9.53 Å². The second-order valence-corrected chi connectivity index (χ2v) is 2.54. The standard InChI is InChI=1S/C6H9NO5/c1-3-4(5(8)9)7(2-12-3)6(10)11/h3-4H,2H2,1H3,(H,8,9)(H,10,11)/t3-,4+/m0/s1. The molecule has 1 heterocycles. The fourth-order valence-corrected chi connectivity index (χ4v) is 1.13. The van der Waals surface area contributed by atoms with Gasteiger partial charge in [0.25, 0.3) is 0 Å². The summed E-state index contributed by atoms with van der Waals surface area (Å²) in [5.41, 5.74) is 0. The van der Waals surface area contributed by atoms with Gasteiger partial charge in [0.2, 0.25) is 0 Å². The Kier molecular flexibility index (Phi) is 2.18. The molecule has 0 bridgehead atoms. The average Bonchev–Trinajstić information content (AvgIpc) is 2.30. The summed E-state index contributed by atoms with van der Waals surface area (Å²) in [7, 11) is 0. The lowest BCUT2D eigenvalue weighted by atomic mass is 10.2. The minimum Gasteiger partial charge on any atom is -0.480 e. The van der Waals surface area contributed by atoms with Crippen LogP contribution in [0.5, 0.6) is 0 Å². The molecule has 0 saturated carbocycles. The van der Waals surface area contributed by atoms with Crippen LogP contribution in [0.25, 0.3) is 0 Å². The predicted octanol–water partition coefficient (Wildman–Crippen LogP) is -0.204. The first-order chi connectivity index (χ1) is 5.54. The van der Waals surface area contributed by atoms with Crippen LogP contribution in [0.2, 0.25) is 0 Å². The zero-order valence-electron chi connectivity index (χ0n) is 6.43. The van der Waals surface area contributed by atoms with Gasteiger partial charge in [0.1, 0.15) is 6.73 Å². The summed E-state index contributed by atoms with van der Waals surface area (Å²) in [6.07, 6.45) is -1.86. The molecule has 1 amide bonds. The largest absolute Gasteiger partial charge is 0.480 e. The number of nitrogens with zero attached hydrogens (tertiary/aromatic N) is 1. The first-order valence-corrected chi connectivity index (χ1v) is 3.38. The molecule has 1 rings (SSSR count). The Balaban J connectivity index is 2.77. The van der Waals surface area contributed by atoms with Crippen molar-refractivity contribution in [2.75, 3.05) is 6.73 Å². The lowest BCUT2D eigenvalue weighted by Crippen LogP contribution is -2.43. The molecule has 1 aliphatic heterocycles. The van der Waals surface area contributed by atoms with Crippen LogP contribution >= 0.6 is 0 Å². The minimum absolute atomic E-state index is 0.173. The number of hydrogen-bond acceptors (Lipinski definition) is 3. The number of carboxylic acid groups (broad SMARTS) is 2.